The average molecular weight is 272 g/mol. The summed E-state index contributed by atoms with van der Waals surface area (Å²) in [4.78, 5) is 12.4. The zero-order valence-electron chi connectivity index (χ0n) is 11.2. The number of hydrogen-bond acceptors (Lipinski definition) is 2. The van der Waals surface area contributed by atoms with E-state index in [1.165, 1.54) is 6.26 Å². The molecular formula is C19H12O2. The molecular weight excluding hydrogens is 260 g/mol. The van der Waals surface area contributed by atoms with Crippen molar-refractivity contribution in [2.45, 2.75) is 0 Å². The third-order valence-corrected chi connectivity index (χ3v) is 3.03. The van der Waals surface area contributed by atoms with Crippen LogP contribution in [0, 0.1) is 11.8 Å². The van der Waals surface area contributed by atoms with Crippen molar-refractivity contribution >= 4 is 5.78 Å². The van der Waals surface area contributed by atoms with Gasteiger partial charge in [0.05, 0.1) is 6.26 Å². The van der Waals surface area contributed by atoms with Crippen molar-refractivity contribution in [3.63, 3.8) is 0 Å². The Labute approximate surface area is 123 Å². The fourth-order valence-corrected chi connectivity index (χ4v) is 1.99. The van der Waals surface area contributed by atoms with Gasteiger partial charge < -0.3 is 4.42 Å². The maximum absolute atomic E-state index is 12.4. The second kappa shape index (κ2) is 5.94. The fraction of sp³-hybridized carbons (Fsp3) is 0. The molecule has 2 heteroatoms. The van der Waals surface area contributed by atoms with Crippen molar-refractivity contribution in [1.29, 1.82) is 0 Å². The van der Waals surface area contributed by atoms with Crippen LogP contribution in [0.5, 0.6) is 0 Å². The Morgan fingerprint density at radius 1 is 0.810 bits per heavy atom. The van der Waals surface area contributed by atoms with E-state index in [0.29, 0.717) is 16.9 Å². The SMILES string of the molecule is O=C(c1ccco1)c1ccccc1C#Cc1ccccc1. The molecule has 2 nitrogen and oxygen atoms in total. The lowest BCUT2D eigenvalue weighted by Crippen LogP contribution is -2.02. The molecule has 0 atom stereocenters. The highest BCUT2D eigenvalue weighted by molar-refractivity contribution is 6.08. The Hall–Kier alpha value is -3.05. The number of carbonyl (C=O) groups is 1. The number of ketones is 1. The Morgan fingerprint density at radius 3 is 2.33 bits per heavy atom. The van der Waals surface area contributed by atoms with Crippen molar-refractivity contribution < 1.29 is 9.21 Å². The second-order valence-electron chi connectivity index (χ2n) is 4.47. The van der Waals surface area contributed by atoms with Gasteiger partial charge in [-0.3, -0.25) is 4.79 Å². The monoisotopic (exact) mass is 272 g/mol. The lowest BCUT2D eigenvalue weighted by Gasteiger charge is -2.01. The van der Waals surface area contributed by atoms with Gasteiger partial charge in [-0.1, -0.05) is 42.2 Å². The quantitative estimate of drug-likeness (QED) is 0.523. The molecule has 0 amide bonds. The van der Waals surface area contributed by atoms with Gasteiger partial charge in [-0.25, -0.2) is 0 Å². The van der Waals surface area contributed by atoms with E-state index in [-0.39, 0.29) is 5.78 Å². The molecule has 0 unspecified atom stereocenters. The third-order valence-electron chi connectivity index (χ3n) is 3.03. The van der Waals surface area contributed by atoms with Gasteiger partial charge in [-0.2, -0.15) is 0 Å². The summed E-state index contributed by atoms with van der Waals surface area (Å²) >= 11 is 0. The predicted octanol–water partition coefficient (Wildman–Crippen LogP) is 3.91. The van der Waals surface area contributed by atoms with E-state index in [1.54, 1.807) is 18.2 Å². The summed E-state index contributed by atoms with van der Waals surface area (Å²) in [5.41, 5.74) is 2.16. The highest BCUT2D eigenvalue weighted by atomic mass is 16.3. The molecule has 0 N–H and O–H groups in total. The van der Waals surface area contributed by atoms with Crippen LogP contribution >= 0.6 is 0 Å². The largest absolute Gasteiger partial charge is 0.461 e. The fourth-order valence-electron chi connectivity index (χ4n) is 1.99. The summed E-state index contributed by atoms with van der Waals surface area (Å²) < 4.78 is 5.17. The van der Waals surface area contributed by atoms with E-state index >= 15 is 0 Å². The minimum absolute atomic E-state index is 0.155. The summed E-state index contributed by atoms with van der Waals surface area (Å²) in [5.74, 6) is 6.30. The zero-order chi connectivity index (χ0) is 14.5. The molecule has 0 fully saturated rings. The van der Waals surface area contributed by atoms with Crippen LogP contribution in [0.25, 0.3) is 0 Å². The Kier molecular flexibility index (Phi) is 3.66. The highest BCUT2D eigenvalue weighted by Crippen LogP contribution is 2.14. The molecule has 0 aliphatic rings. The smallest absolute Gasteiger partial charge is 0.229 e. The van der Waals surface area contributed by atoms with Gasteiger partial charge in [0, 0.05) is 16.7 Å². The van der Waals surface area contributed by atoms with Gasteiger partial charge >= 0.3 is 0 Å². The average Bonchev–Trinajstić information content (AvgIpc) is 3.08. The Balaban J connectivity index is 1.98. The molecule has 0 saturated carbocycles. The molecule has 0 aliphatic carbocycles. The molecule has 100 valence electrons. The number of carbonyl (C=O) groups excluding carboxylic acids is 1. The Bertz CT molecular complexity index is 804. The van der Waals surface area contributed by atoms with E-state index in [1.807, 2.05) is 48.5 Å². The molecule has 1 aromatic heterocycles. The van der Waals surface area contributed by atoms with Gasteiger partial charge in [0.1, 0.15) is 0 Å². The molecule has 2 aromatic carbocycles. The Morgan fingerprint density at radius 2 is 1.57 bits per heavy atom. The molecule has 1 heterocycles. The first kappa shape index (κ1) is 13.0. The van der Waals surface area contributed by atoms with Crippen LogP contribution in [0.3, 0.4) is 0 Å². The molecule has 0 radical (unpaired) electrons. The van der Waals surface area contributed by atoms with Crippen molar-refractivity contribution in [2.75, 3.05) is 0 Å². The lowest BCUT2D eigenvalue weighted by molar-refractivity contribution is 0.101. The van der Waals surface area contributed by atoms with Crippen LogP contribution in [-0.2, 0) is 0 Å². The predicted molar refractivity (Wildman–Crippen MR) is 81.0 cm³/mol. The van der Waals surface area contributed by atoms with Gasteiger partial charge in [-0.15, -0.1) is 0 Å². The maximum Gasteiger partial charge on any atom is 0.229 e. The van der Waals surface area contributed by atoms with E-state index in [2.05, 4.69) is 11.8 Å². The van der Waals surface area contributed by atoms with E-state index in [0.717, 1.165) is 5.56 Å². The molecule has 21 heavy (non-hydrogen) atoms. The van der Waals surface area contributed by atoms with Gasteiger partial charge in [-0.05, 0) is 36.4 Å². The summed E-state index contributed by atoms with van der Waals surface area (Å²) in [6.45, 7) is 0. The number of rotatable bonds is 2. The topological polar surface area (TPSA) is 30.2 Å². The summed E-state index contributed by atoms with van der Waals surface area (Å²) in [6.07, 6.45) is 1.49. The summed E-state index contributed by atoms with van der Waals surface area (Å²) in [7, 11) is 0. The minimum Gasteiger partial charge on any atom is -0.461 e. The first-order chi connectivity index (χ1) is 10.3. The standard InChI is InChI=1S/C19H12O2/c20-19(18-11-6-14-21-18)17-10-5-4-9-16(17)13-12-15-7-2-1-3-8-15/h1-11,14H. The van der Waals surface area contributed by atoms with Crippen molar-refractivity contribution in [3.8, 4) is 11.8 Å². The van der Waals surface area contributed by atoms with Gasteiger partial charge in [0.2, 0.25) is 5.78 Å². The van der Waals surface area contributed by atoms with Crippen molar-refractivity contribution in [1.82, 2.24) is 0 Å². The van der Waals surface area contributed by atoms with Gasteiger partial charge in [0.15, 0.2) is 5.76 Å². The number of furan rings is 1. The number of hydrogen-bond donors (Lipinski definition) is 0. The van der Waals surface area contributed by atoms with Crippen LogP contribution in [0.4, 0.5) is 0 Å². The maximum atomic E-state index is 12.4. The van der Waals surface area contributed by atoms with Crippen LogP contribution in [0.2, 0.25) is 0 Å². The summed E-state index contributed by atoms with van der Waals surface area (Å²) in [6, 6.07) is 20.3. The van der Waals surface area contributed by atoms with Crippen LogP contribution < -0.4 is 0 Å². The van der Waals surface area contributed by atoms with E-state index in [4.69, 9.17) is 4.42 Å². The van der Waals surface area contributed by atoms with Crippen molar-refractivity contribution in [2.24, 2.45) is 0 Å². The molecule has 0 bridgehead atoms. The van der Waals surface area contributed by atoms with Crippen LogP contribution in [0.1, 0.15) is 27.2 Å². The zero-order valence-corrected chi connectivity index (χ0v) is 11.2. The molecule has 3 aromatic rings. The highest BCUT2D eigenvalue weighted by Gasteiger charge is 2.14. The van der Waals surface area contributed by atoms with Crippen LogP contribution in [0.15, 0.2) is 77.4 Å². The lowest BCUT2D eigenvalue weighted by atomic mass is 10.0. The number of benzene rings is 2. The third kappa shape index (κ3) is 2.93. The molecule has 0 spiro atoms. The first-order valence-electron chi connectivity index (χ1n) is 6.59. The molecule has 3 rings (SSSR count). The first-order valence-corrected chi connectivity index (χ1v) is 6.59. The normalized spacial score (nSPS) is 9.71. The summed E-state index contributed by atoms with van der Waals surface area (Å²) in [5, 5.41) is 0. The van der Waals surface area contributed by atoms with E-state index < -0.39 is 0 Å². The van der Waals surface area contributed by atoms with Crippen LogP contribution in [-0.4, -0.2) is 5.78 Å². The van der Waals surface area contributed by atoms with E-state index in [9.17, 15) is 4.79 Å². The van der Waals surface area contributed by atoms with Crippen molar-refractivity contribution in [3.05, 3.63) is 95.4 Å². The molecule has 0 aliphatic heterocycles. The second-order valence-corrected chi connectivity index (χ2v) is 4.47. The minimum atomic E-state index is -0.155. The van der Waals surface area contributed by atoms with Gasteiger partial charge in [0.25, 0.3) is 0 Å². The molecule has 0 saturated heterocycles.